The van der Waals surface area contributed by atoms with E-state index in [1.807, 2.05) is 18.2 Å². The summed E-state index contributed by atoms with van der Waals surface area (Å²) in [6.45, 7) is 0.613. The molecular formula is C15H16BrNO3. The third kappa shape index (κ3) is 3.36. The van der Waals surface area contributed by atoms with Crippen LogP contribution in [0.15, 0.2) is 40.9 Å². The summed E-state index contributed by atoms with van der Waals surface area (Å²) in [7, 11) is 3.21. The molecule has 0 fully saturated rings. The van der Waals surface area contributed by atoms with Crippen LogP contribution in [0.1, 0.15) is 5.56 Å². The lowest BCUT2D eigenvalue weighted by molar-refractivity contribution is 0.352. The van der Waals surface area contributed by atoms with E-state index in [4.69, 9.17) is 9.47 Å². The molecule has 0 saturated carbocycles. The predicted octanol–water partition coefficient (Wildman–Crippen LogP) is 3.78. The van der Waals surface area contributed by atoms with Gasteiger partial charge in [-0.2, -0.15) is 0 Å². The fourth-order valence-electron chi connectivity index (χ4n) is 1.89. The number of rotatable bonds is 5. The van der Waals surface area contributed by atoms with Gasteiger partial charge in [0.15, 0.2) is 11.5 Å². The first-order valence-electron chi connectivity index (χ1n) is 6.07. The zero-order chi connectivity index (χ0) is 14.5. The molecule has 0 atom stereocenters. The van der Waals surface area contributed by atoms with Crippen molar-refractivity contribution in [2.75, 3.05) is 19.5 Å². The highest BCUT2D eigenvalue weighted by atomic mass is 79.9. The average molecular weight is 338 g/mol. The zero-order valence-electron chi connectivity index (χ0n) is 11.3. The van der Waals surface area contributed by atoms with Crippen LogP contribution in [-0.4, -0.2) is 19.3 Å². The molecule has 0 bridgehead atoms. The fraction of sp³-hybridized carbons (Fsp3) is 0.200. The lowest BCUT2D eigenvalue weighted by Crippen LogP contribution is -2.01. The van der Waals surface area contributed by atoms with E-state index in [0.29, 0.717) is 18.0 Å². The number of hydrogen-bond acceptors (Lipinski definition) is 4. The average Bonchev–Trinajstić information content (AvgIpc) is 2.44. The second kappa shape index (κ2) is 6.52. The Morgan fingerprint density at radius 3 is 2.60 bits per heavy atom. The zero-order valence-corrected chi connectivity index (χ0v) is 12.9. The molecule has 106 valence electrons. The minimum atomic E-state index is 0.239. The standard InChI is InChI=1S/C15H16BrNO3/c1-19-14-7-10(6-13(16)15(14)20-2)9-17-11-4-3-5-12(18)8-11/h3-8,17-18H,9H2,1-2H3. The normalized spacial score (nSPS) is 10.2. The van der Waals surface area contributed by atoms with Crippen LogP contribution in [0, 0.1) is 0 Å². The predicted molar refractivity (Wildman–Crippen MR) is 82.7 cm³/mol. The Balaban J connectivity index is 2.16. The summed E-state index contributed by atoms with van der Waals surface area (Å²) in [5.74, 6) is 1.59. The van der Waals surface area contributed by atoms with Crippen molar-refractivity contribution in [3.63, 3.8) is 0 Å². The number of halogens is 1. The Labute approximate surface area is 126 Å². The Bertz CT molecular complexity index is 602. The minimum absolute atomic E-state index is 0.239. The molecule has 2 aromatic rings. The van der Waals surface area contributed by atoms with Gasteiger partial charge in [0, 0.05) is 18.3 Å². The summed E-state index contributed by atoms with van der Waals surface area (Å²) in [6.07, 6.45) is 0. The van der Waals surface area contributed by atoms with E-state index < -0.39 is 0 Å². The number of benzene rings is 2. The monoisotopic (exact) mass is 337 g/mol. The third-order valence-electron chi connectivity index (χ3n) is 2.84. The van der Waals surface area contributed by atoms with Gasteiger partial charge in [0.25, 0.3) is 0 Å². The molecular weight excluding hydrogens is 322 g/mol. The van der Waals surface area contributed by atoms with Crippen molar-refractivity contribution >= 4 is 21.6 Å². The van der Waals surface area contributed by atoms with Gasteiger partial charge in [0.05, 0.1) is 18.7 Å². The van der Waals surface area contributed by atoms with Crippen molar-refractivity contribution in [2.45, 2.75) is 6.54 Å². The largest absolute Gasteiger partial charge is 0.508 e. The van der Waals surface area contributed by atoms with Gasteiger partial charge in [-0.3, -0.25) is 0 Å². The minimum Gasteiger partial charge on any atom is -0.508 e. The maximum atomic E-state index is 9.42. The molecule has 0 heterocycles. The summed E-state index contributed by atoms with van der Waals surface area (Å²) < 4.78 is 11.4. The highest BCUT2D eigenvalue weighted by Crippen LogP contribution is 2.36. The highest BCUT2D eigenvalue weighted by molar-refractivity contribution is 9.10. The molecule has 0 unspecified atom stereocenters. The van der Waals surface area contributed by atoms with Crippen LogP contribution in [0.2, 0.25) is 0 Å². The molecule has 0 aliphatic carbocycles. The van der Waals surface area contributed by atoms with Crippen molar-refractivity contribution in [1.82, 2.24) is 0 Å². The van der Waals surface area contributed by atoms with Crippen LogP contribution in [0.25, 0.3) is 0 Å². The molecule has 0 aliphatic heterocycles. The molecule has 20 heavy (non-hydrogen) atoms. The number of hydrogen-bond donors (Lipinski definition) is 2. The quantitative estimate of drug-likeness (QED) is 0.871. The molecule has 0 radical (unpaired) electrons. The van der Waals surface area contributed by atoms with Gasteiger partial charge in [-0.05, 0) is 45.8 Å². The van der Waals surface area contributed by atoms with Gasteiger partial charge < -0.3 is 19.9 Å². The lowest BCUT2D eigenvalue weighted by Gasteiger charge is -2.13. The van der Waals surface area contributed by atoms with E-state index in [2.05, 4.69) is 21.2 Å². The van der Waals surface area contributed by atoms with Crippen molar-refractivity contribution < 1.29 is 14.6 Å². The van der Waals surface area contributed by atoms with Crippen molar-refractivity contribution in [1.29, 1.82) is 0 Å². The number of aromatic hydroxyl groups is 1. The fourth-order valence-corrected chi connectivity index (χ4v) is 2.54. The molecule has 0 spiro atoms. The first-order valence-corrected chi connectivity index (χ1v) is 6.86. The van der Waals surface area contributed by atoms with Crippen molar-refractivity contribution in [3.8, 4) is 17.2 Å². The summed E-state index contributed by atoms with van der Waals surface area (Å²) in [4.78, 5) is 0. The molecule has 2 N–H and O–H groups in total. The van der Waals surface area contributed by atoms with Crippen molar-refractivity contribution in [2.24, 2.45) is 0 Å². The first kappa shape index (κ1) is 14.5. The van der Waals surface area contributed by atoms with E-state index in [0.717, 1.165) is 15.7 Å². The lowest BCUT2D eigenvalue weighted by atomic mass is 10.2. The second-order valence-electron chi connectivity index (χ2n) is 4.22. The Morgan fingerprint density at radius 1 is 1.15 bits per heavy atom. The molecule has 2 aromatic carbocycles. The number of nitrogens with one attached hydrogen (secondary N) is 1. The number of phenolic OH excluding ortho intramolecular Hbond substituents is 1. The van der Waals surface area contributed by atoms with Gasteiger partial charge in [0.2, 0.25) is 0 Å². The number of anilines is 1. The number of ether oxygens (including phenoxy) is 2. The van der Waals surface area contributed by atoms with E-state index in [1.54, 1.807) is 32.4 Å². The van der Waals surface area contributed by atoms with E-state index in [-0.39, 0.29) is 5.75 Å². The van der Waals surface area contributed by atoms with E-state index in [1.165, 1.54) is 0 Å². The molecule has 4 nitrogen and oxygen atoms in total. The maximum Gasteiger partial charge on any atom is 0.174 e. The maximum absolute atomic E-state index is 9.42. The van der Waals surface area contributed by atoms with Crippen LogP contribution in [-0.2, 0) is 6.54 Å². The summed E-state index contributed by atoms with van der Waals surface area (Å²) in [5, 5.41) is 12.7. The topological polar surface area (TPSA) is 50.7 Å². The van der Waals surface area contributed by atoms with Gasteiger partial charge in [0.1, 0.15) is 5.75 Å². The SMILES string of the molecule is COc1cc(CNc2cccc(O)c2)cc(Br)c1OC. The van der Waals surface area contributed by atoms with Crippen LogP contribution in [0.3, 0.4) is 0 Å². The van der Waals surface area contributed by atoms with Crippen LogP contribution < -0.4 is 14.8 Å². The molecule has 2 rings (SSSR count). The van der Waals surface area contributed by atoms with E-state index >= 15 is 0 Å². The Kier molecular flexibility index (Phi) is 4.74. The molecule has 5 heteroatoms. The second-order valence-corrected chi connectivity index (χ2v) is 5.07. The van der Waals surface area contributed by atoms with Crippen LogP contribution >= 0.6 is 15.9 Å². The molecule has 0 aromatic heterocycles. The van der Waals surface area contributed by atoms with E-state index in [9.17, 15) is 5.11 Å². The van der Waals surface area contributed by atoms with Crippen LogP contribution in [0.4, 0.5) is 5.69 Å². The molecule has 0 saturated heterocycles. The summed E-state index contributed by atoms with van der Waals surface area (Å²) in [5.41, 5.74) is 1.90. The van der Waals surface area contributed by atoms with Gasteiger partial charge >= 0.3 is 0 Å². The smallest absolute Gasteiger partial charge is 0.174 e. The number of methoxy groups -OCH3 is 2. The molecule has 0 amide bonds. The van der Waals surface area contributed by atoms with Gasteiger partial charge in [-0.25, -0.2) is 0 Å². The first-order chi connectivity index (χ1) is 9.63. The van der Waals surface area contributed by atoms with Crippen LogP contribution in [0.5, 0.6) is 17.2 Å². The Hall–Kier alpha value is -1.88. The Morgan fingerprint density at radius 2 is 1.95 bits per heavy atom. The summed E-state index contributed by atoms with van der Waals surface area (Å²) >= 11 is 3.46. The molecule has 0 aliphatic rings. The number of phenols is 1. The highest BCUT2D eigenvalue weighted by Gasteiger charge is 2.10. The van der Waals surface area contributed by atoms with Crippen molar-refractivity contribution in [3.05, 3.63) is 46.4 Å². The third-order valence-corrected chi connectivity index (χ3v) is 3.43. The summed E-state index contributed by atoms with van der Waals surface area (Å²) in [6, 6.07) is 10.9. The van der Waals surface area contributed by atoms with Gasteiger partial charge in [-0.15, -0.1) is 0 Å². The van der Waals surface area contributed by atoms with Gasteiger partial charge in [-0.1, -0.05) is 6.07 Å².